The number of nitrogens with zero attached hydrogens (tertiary/aromatic N) is 1. The van der Waals surface area contributed by atoms with Crippen molar-refractivity contribution in [3.05, 3.63) is 11.6 Å². The topological polar surface area (TPSA) is 38.8 Å². The number of esters is 1. The molecule has 1 saturated heterocycles. The zero-order valence-electron chi connectivity index (χ0n) is 11.2. The molecule has 0 N–H and O–H groups in total. The average Bonchev–Trinajstić information content (AvgIpc) is 2.36. The highest BCUT2D eigenvalue weighted by atomic mass is 16.5. The van der Waals surface area contributed by atoms with E-state index in [9.17, 15) is 4.79 Å². The maximum atomic E-state index is 11.2. The summed E-state index contributed by atoms with van der Waals surface area (Å²) in [4.78, 5) is 13.5. The zero-order valence-corrected chi connectivity index (χ0v) is 11.2. The van der Waals surface area contributed by atoms with Gasteiger partial charge in [0.25, 0.3) is 0 Å². The fraction of sp³-hybridized carbons (Fsp3) is 0.769. The van der Waals surface area contributed by atoms with Crippen molar-refractivity contribution < 1.29 is 14.3 Å². The van der Waals surface area contributed by atoms with Crippen LogP contribution >= 0.6 is 0 Å². The molecule has 0 radical (unpaired) electrons. The first-order valence-electron chi connectivity index (χ1n) is 6.08. The molecule has 0 aromatic heterocycles. The molecule has 1 fully saturated rings. The van der Waals surface area contributed by atoms with Gasteiger partial charge < -0.3 is 9.47 Å². The Morgan fingerprint density at radius 2 is 2.18 bits per heavy atom. The van der Waals surface area contributed by atoms with Crippen LogP contribution in [0.3, 0.4) is 0 Å². The minimum absolute atomic E-state index is 0.251. The van der Waals surface area contributed by atoms with Crippen molar-refractivity contribution in [1.82, 2.24) is 4.90 Å². The van der Waals surface area contributed by atoms with E-state index >= 15 is 0 Å². The van der Waals surface area contributed by atoms with Crippen LogP contribution in [0.25, 0.3) is 0 Å². The van der Waals surface area contributed by atoms with E-state index in [-0.39, 0.29) is 5.97 Å². The number of ether oxygens (including phenoxy) is 2. The largest absolute Gasteiger partial charge is 0.466 e. The normalized spacial score (nSPS) is 26.9. The Hall–Kier alpha value is -0.870. The molecule has 0 saturated carbocycles. The number of piperidine rings is 1. The standard InChI is InChI=1S/C13H23NO3/c1-10-5-7-14(9-12(10)16-3)8-6-11(2)13(15)17-4/h6,10,12H,5,7-9H2,1-4H3/b11-6-. The van der Waals surface area contributed by atoms with E-state index in [1.54, 1.807) is 14.0 Å². The number of hydrogen-bond donors (Lipinski definition) is 0. The van der Waals surface area contributed by atoms with Crippen LogP contribution in [-0.4, -0.2) is 50.8 Å². The summed E-state index contributed by atoms with van der Waals surface area (Å²) in [6, 6.07) is 0. The van der Waals surface area contributed by atoms with Gasteiger partial charge in [0.1, 0.15) is 0 Å². The van der Waals surface area contributed by atoms with Gasteiger partial charge in [-0.1, -0.05) is 13.0 Å². The highest BCUT2D eigenvalue weighted by molar-refractivity contribution is 5.87. The van der Waals surface area contributed by atoms with E-state index in [1.807, 2.05) is 6.08 Å². The molecule has 98 valence electrons. The molecule has 2 atom stereocenters. The lowest BCUT2D eigenvalue weighted by Crippen LogP contribution is -2.43. The smallest absolute Gasteiger partial charge is 0.333 e. The van der Waals surface area contributed by atoms with Crippen molar-refractivity contribution in [2.24, 2.45) is 5.92 Å². The monoisotopic (exact) mass is 241 g/mol. The van der Waals surface area contributed by atoms with Crippen molar-refractivity contribution >= 4 is 5.97 Å². The predicted octanol–water partition coefficient (Wildman–Crippen LogP) is 1.46. The molecule has 0 amide bonds. The number of hydrogen-bond acceptors (Lipinski definition) is 4. The average molecular weight is 241 g/mol. The minimum Gasteiger partial charge on any atom is -0.466 e. The van der Waals surface area contributed by atoms with Gasteiger partial charge in [0.2, 0.25) is 0 Å². The summed E-state index contributed by atoms with van der Waals surface area (Å²) in [5, 5.41) is 0. The van der Waals surface area contributed by atoms with Gasteiger partial charge in [0.05, 0.1) is 13.2 Å². The number of likely N-dealkylation sites (tertiary alicyclic amines) is 1. The molecular weight excluding hydrogens is 218 g/mol. The fourth-order valence-electron chi connectivity index (χ4n) is 2.08. The lowest BCUT2D eigenvalue weighted by Gasteiger charge is -2.35. The Balaban J connectivity index is 2.45. The molecule has 4 nitrogen and oxygen atoms in total. The van der Waals surface area contributed by atoms with E-state index in [1.165, 1.54) is 7.11 Å². The fourth-order valence-corrected chi connectivity index (χ4v) is 2.08. The Labute approximate surface area is 104 Å². The van der Waals surface area contributed by atoms with Crippen LogP contribution in [0.2, 0.25) is 0 Å². The summed E-state index contributed by atoms with van der Waals surface area (Å²) < 4.78 is 10.1. The number of carbonyl (C=O) groups excluding carboxylic acids is 1. The molecule has 1 aliphatic heterocycles. The Morgan fingerprint density at radius 3 is 2.76 bits per heavy atom. The van der Waals surface area contributed by atoms with Crippen molar-refractivity contribution in [3.63, 3.8) is 0 Å². The maximum absolute atomic E-state index is 11.2. The third-order valence-corrected chi connectivity index (χ3v) is 3.44. The summed E-state index contributed by atoms with van der Waals surface area (Å²) in [5.74, 6) is 0.362. The van der Waals surface area contributed by atoms with E-state index in [0.29, 0.717) is 17.6 Å². The van der Waals surface area contributed by atoms with Crippen LogP contribution in [0, 0.1) is 5.92 Å². The summed E-state index contributed by atoms with van der Waals surface area (Å²) >= 11 is 0. The van der Waals surface area contributed by atoms with Crippen LogP contribution < -0.4 is 0 Å². The maximum Gasteiger partial charge on any atom is 0.333 e. The van der Waals surface area contributed by atoms with Gasteiger partial charge in [-0.25, -0.2) is 4.79 Å². The molecule has 1 aliphatic rings. The highest BCUT2D eigenvalue weighted by Gasteiger charge is 2.25. The molecule has 0 spiro atoms. The van der Waals surface area contributed by atoms with E-state index in [4.69, 9.17) is 4.74 Å². The summed E-state index contributed by atoms with van der Waals surface area (Å²) in [6.45, 7) is 6.79. The Bertz CT molecular complexity index is 288. The summed E-state index contributed by atoms with van der Waals surface area (Å²) in [5.41, 5.74) is 0.667. The first kappa shape index (κ1) is 14.2. The second kappa shape index (κ2) is 6.77. The summed E-state index contributed by atoms with van der Waals surface area (Å²) in [7, 11) is 3.17. The van der Waals surface area contributed by atoms with Crippen molar-refractivity contribution in [2.45, 2.75) is 26.4 Å². The van der Waals surface area contributed by atoms with Crippen molar-refractivity contribution in [2.75, 3.05) is 33.9 Å². The third-order valence-electron chi connectivity index (χ3n) is 3.44. The highest BCUT2D eigenvalue weighted by Crippen LogP contribution is 2.19. The summed E-state index contributed by atoms with van der Waals surface area (Å²) in [6.07, 6.45) is 3.37. The number of carbonyl (C=O) groups is 1. The third kappa shape index (κ3) is 4.13. The SMILES string of the molecule is COC(=O)/C(C)=C\CN1CCC(C)C(OC)C1. The van der Waals surface area contributed by atoms with Crippen molar-refractivity contribution in [3.8, 4) is 0 Å². The second-order valence-electron chi connectivity index (χ2n) is 4.68. The Kier molecular flexibility index (Phi) is 5.65. The molecule has 17 heavy (non-hydrogen) atoms. The van der Waals surface area contributed by atoms with E-state index < -0.39 is 0 Å². The van der Waals surface area contributed by atoms with Gasteiger partial charge in [0.15, 0.2) is 0 Å². The lowest BCUT2D eigenvalue weighted by atomic mass is 9.96. The molecule has 4 heteroatoms. The quantitative estimate of drug-likeness (QED) is 0.552. The Morgan fingerprint density at radius 1 is 1.47 bits per heavy atom. The molecular formula is C13H23NO3. The van der Waals surface area contributed by atoms with Crippen LogP contribution in [0.1, 0.15) is 20.3 Å². The van der Waals surface area contributed by atoms with E-state index in [0.717, 1.165) is 26.1 Å². The molecule has 0 bridgehead atoms. The van der Waals surface area contributed by atoms with Gasteiger partial charge in [0, 0.05) is 25.8 Å². The molecule has 1 rings (SSSR count). The van der Waals surface area contributed by atoms with Crippen LogP contribution in [-0.2, 0) is 14.3 Å². The first-order valence-corrected chi connectivity index (χ1v) is 6.08. The number of rotatable bonds is 4. The van der Waals surface area contributed by atoms with Crippen molar-refractivity contribution in [1.29, 1.82) is 0 Å². The van der Waals surface area contributed by atoms with Gasteiger partial charge in [-0.3, -0.25) is 4.90 Å². The van der Waals surface area contributed by atoms with Gasteiger partial charge in [-0.2, -0.15) is 0 Å². The van der Waals surface area contributed by atoms with Crippen LogP contribution in [0.4, 0.5) is 0 Å². The minimum atomic E-state index is -0.251. The molecule has 0 aliphatic carbocycles. The zero-order chi connectivity index (χ0) is 12.8. The van der Waals surface area contributed by atoms with Gasteiger partial charge >= 0.3 is 5.97 Å². The van der Waals surface area contributed by atoms with Gasteiger partial charge in [-0.05, 0) is 25.8 Å². The lowest BCUT2D eigenvalue weighted by molar-refractivity contribution is -0.136. The molecule has 0 aromatic carbocycles. The molecule has 1 heterocycles. The molecule has 0 aromatic rings. The number of methoxy groups -OCH3 is 2. The van der Waals surface area contributed by atoms with Crippen LogP contribution in [0.15, 0.2) is 11.6 Å². The van der Waals surface area contributed by atoms with Gasteiger partial charge in [-0.15, -0.1) is 0 Å². The van der Waals surface area contributed by atoms with E-state index in [2.05, 4.69) is 16.6 Å². The predicted molar refractivity (Wildman–Crippen MR) is 66.8 cm³/mol. The van der Waals surface area contributed by atoms with Crippen LogP contribution in [0.5, 0.6) is 0 Å². The molecule has 2 unspecified atom stereocenters. The second-order valence-corrected chi connectivity index (χ2v) is 4.68. The first-order chi connectivity index (χ1) is 8.08.